The smallest absolute Gasteiger partial charge is 0.418 e. The van der Waals surface area contributed by atoms with Crippen molar-refractivity contribution in [1.82, 2.24) is 4.90 Å². The van der Waals surface area contributed by atoms with Crippen LogP contribution in [-0.2, 0) is 19.9 Å². The fourth-order valence-corrected chi connectivity index (χ4v) is 4.22. The molecule has 0 aliphatic carbocycles. The monoisotopic (exact) mass is 358 g/mol. The molecule has 1 saturated heterocycles. The summed E-state index contributed by atoms with van der Waals surface area (Å²) in [7, 11) is 1.69. The van der Waals surface area contributed by atoms with Crippen molar-refractivity contribution in [3.63, 3.8) is 0 Å². The summed E-state index contributed by atoms with van der Waals surface area (Å²) in [5.74, 6) is -0.851. The van der Waals surface area contributed by atoms with E-state index >= 15 is 0 Å². The minimum atomic E-state index is -1.30. The molecule has 0 unspecified atom stereocenters. The Balaban J connectivity index is 2.20. The average Bonchev–Trinajstić information content (AvgIpc) is 2.95. The standard InChI is InChI=1S/C20H26N2O4/c1-6-9-13-12-16(23)22(18(25)26-19(2,3)4)20(13)14-10-7-8-11-15(14)21(5)17(20)24/h7-8,10-11,13H,6,9,12H2,1-5H3/t13-,20-/m0/s1. The summed E-state index contributed by atoms with van der Waals surface area (Å²) in [4.78, 5) is 41.9. The topological polar surface area (TPSA) is 66.9 Å². The number of benzene rings is 1. The molecule has 0 N–H and O–H groups in total. The summed E-state index contributed by atoms with van der Waals surface area (Å²) in [5.41, 5.74) is -0.612. The first-order chi connectivity index (χ1) is 12.1. The Morgan fingerprint density at radius 1 is 1.27 bits per heavy atom. The number of likely N-dealkylation sites (N-methyl/N-ethyl adjacent to an activating group) is 1. The van der Waals surface area contributed by atoms with Crippen LogP contribution in [0, 0.1) is 5.92 Å². The van der Waals surface area contributed by atoms with Gasteiger partial charge in [-0.15, -0.1) is 0 Å². The number of carbonyl (C=O) groups is 3. The SMILES string of the molecule is CCC[C@H]1CC(=O)N(C(=O)OC(C)(C)C)[C@@]12C(=O)N(C)c1ccccc12. The molecule has 2 aliphatic heterocycles. The van der Waals surface area contributed by atoms with Gasteiger partial charge >= 0.3 is 6.09 Å². The van der Waals surface area contributed by atoms with Crippen molar-refractivity contribution in [2.75, 3.05) is 11.9 Å². The van der Waals surface area contributed by atoms with Crippen LogP contribution in [0.2, 0.25) is 0 Å². The highest BCUT2D eigenvalue weighted by Crippen LogP contribution is 2.54. The Hall–Kier alpha value is -2.37. The molecule has 0 saturated carbocycles. The lowest BCUT2D eigenvalue weighted by Gasteiger charge is -2.37. The molecule has 26 heavy (non-hydrogen) atoms. The lowest BCUT2D eigenvalue weighted by molar-refractivity contribution is -0.139. The Morgan fingerprint density at radius 3 is 2.54 bits per heavy atom. The molecule has 2 aliphatic rings. The molecule has 0 aromatic heterocycles. The van der Waals surface area contributed by atoms with Crippen LogP contribution in [0.15, 0.2) is 24.3 Å². The number of amides is 3. The van der Waals surface area contributed by atoms with Gasteiger partial charge in [0.2, 0.25) is 5.91 Å². The minimum absolute atomic E-state index is 0.168. The molecule has 2 heterocycles. The van der Waals surface area contributed by atoms with Crippen LogP contribution >= 0.6 is 0 Å². The van der Waals surface area contributed by atoms with Crippen LogP contribution in [0.4, 0.5) is 10.5 Å². The third-order valence-electron chi connectivity index (χ3n) is 5.13. The van der Waals surface area contributed by atoms with Crippen LogP contribution in [-0.4, -0.2) is 35.5 Å². The average molecular weight is 358 g/mol. The van der Waals surface area contributed by atoms with Gasteiger partial charge < -0.3 is 9.64 Å². The van der Waals surface area contributed by atoms with Crippen molar-refractivity contribution < 1.29 is 19.1 Å². The largest absolute Gasteiger partial charge is 0.443 e. The van der Waals surface area contributed by atoms with E-state index in [2.05, 4.69) is 0 Å². The molecule has 1 spiro atoms. The number of carbonyl (C=O) groups excluding carboxylic acids is 3. The molecule has 140 valence electrons. The first-order valence-corrected chi connectivity index (χ1v) is 9.08. The van der Waals surface area contributed by atoms with E-state index in [4.69, 9.17) is 4.74 Å². The summed E-state index contributed by atoms with van der Waals surface area (Å²) >= 11 is 0. The lowest BCUT2D eigenvalue weighted by atomic mass is 9.77. The highest BCUT2D eigenvalue weighted by Gasteiger charge is 2.66. The van der Waals surface area contributed by atoms with Gasteiger partial charge in [0, 0.05) is 30.6 Å². The third kappa shape index (κ3) is 2.50. The maximum atomic E-state index is 13.4. The molecule has 3 amide bonds. The minimum Gasteiger partial charge on any atom is -0.443 e. The first kappa shape index (κ1) is 18.4. The van der Waals surface area contributed by atoms with Gasteiger partial charge in [0.05, 0.1) is 0 Å². The van der Waals surface area contributed by atoms with Crippen molar-refractivity contribution in [3.05, 3.63) is 29.8 Å². The second-order valence-electron chi connectivity index (χ2n) is 8.05. The van der Waals surface area contributed by atoms with Gasteiger partial charge in [-0.3, -0.25) is 9.59 Å². The van der Waals surface area contributed by atoms with Gasteiger partial charge in [-0.1, -0.05) is 31.5 Å². The normalized spacial score (nSPS) is 25.2. The van der Waals surface area contributed by atoms with E-state index in [0.717, 1.165) is 17.0 Å². The Labute approximate surface area is 154 Å². The molecular weight excluding hydrogens is 332 g/mol. The van der Waals surface area contributed by atoms with E-state index in [0.29, 0.717) is 12.0 Å². The fraction of sp³-hybridized carbons (Fsp3) is 0.550. The van der Waals surface area contributed by atoms with E-state index in [1.54, 1.807) is 32.7 Å². The van der Waals surface area contributed by atoms with Crippen LogP contribution in [0.5, 0.6) is 0 Å². The molecule has 1 aromatic rings. The Kier molecular flexibility index (Phi) is 4.33. The van der Waals surface area contributed by atoms with Crippen molar-refractivity contribution in [3.8, 4) is 0 Å². The highest BCUT2D eigenvalue weighted by atomic mass is 16.6. The van der Waals surface area contributed by atoms with Crippen LogP contribution in [0.3, 0.4) is 0 Å². The van der Waals surface area contributed by atoms with Crippen LogP contribution in [0.25, 0.3) is 0 Å². The number of hydrogen-bond acceptors (Lipinski definition) is 4. The van der Waals surface area contributed by atoms with Crippen molar-refractivity contribution in [2.45, 2.75) is 58.1 Å². The maximum Gasteiger partial charge on any atom is 0.418 e. The van der Waals surface area contributed by atoms with Gasteiger partial charge in [-0.25, -0.2) is 9.69 Å². The quantitative estimate of drug-likeness (QED) is 0.812. The van der Waals surface area contributed by atoms with E-state index in [-0.39, 0.29) is 24.2 Å². The summed E-state index contributed by atoms with van der Waals surface area (Å²) in [5, 5.41) is 0. The van der Waals surface area contributed by atoms with Gasteiger partial charge in [-0.05, 0) is 33.3 Å². The number of nitrogens with zero attached hydrogens (tertiary/aromatic N) is 2. The van der Waals surface area contributed by atoms with Gasteiger partial charge in [0.1, 0.15) is 5.60 Å². The molecule has 0 radical (unpaired) electrons. The summed E-state index contributed by atoms with van der Waals surface area (Å²) in [6.45, 7) is 7.26. The number of para-hydroxylation sites is 1. The van der Waals surface area contributed by atoms with Crippen molar-refractivity contribution in [2.24, 2.45) is 5.92 Å². The van der Waals surface area contributed by atoms with Crippen molar-refractivity contribution >= 4 is 23.6 Å². The third-order valence-corrected chi connectivity index (χ3v) is 5.13. The summed E-state index contributed by atoms with van der Waals surface area (Å²) in [6, 6.07) is 7.38. The number of ether oxygens (including phenoxy) is 1. The zero-order valence-electron chi connectivity index (χ0n) is 16.0. The number of imide groups is 1. The maximum absolute atomic E-state index is 13.4. The van der Waals surface area contributed by atoms with Gasteiger partial charge in [-0.2, -0.15) is 0 Å². The predicted molar refractivity (Wildman–Crippen MR) is 97.6 cm³/mol. The lowest BCUT2D eigenvalue weighted by Crippen LogP contribution is -2.56. The number of rotatable bonds is 2. The molecule has 6 nitrogen and oxygen atoms in total. The zero-order valence-corrected chi connectivity index (χ0v) is 16.0. The molecule has 1 aromatic carbocycles. The molecule has 6 heteroatoms. The van der Waals surface area contributed by atoms with E-state index in [1.807, 2.05) is 31.2 Å². The van der Waals surface area contributed by atoms with Crippen LogP contribution < -0.4 is 4.90 Å². The zero-order chi connectivity index (χ0) is 19.3. The molecule has 2 atom stereocenters. The van der Waals surface area contributed by atoms with Gasteiger partial charge in [0.15, 0.2) is 5.54 Å². The second kappa shape index (κ2) is 6.11. The first-order valence-electron chi connectivity index (χ1n) is 9.08. The van der Waals surface area contributed by atoms with E-state index in [9.17, 15) is 14.4 Å². The number of fused-ring (bicyclic) bond motifs is 2. The highest BCUT2D eigenvalue weighted by molar-refractivity contribution is 6.14. The van der Waals surface area contributed by atoms with Crippen molar-refractivity contribution in [1.29, 1.82) is 0 Å². The predicted octanol–water partition coefficient (Wildman–Crippen LogP) is 3.44. The number of anilines is 1. The molecule has 0 bridgehead atoms. The van der Waals surface area contributed by atoms with E-state index < -0.39 is 17.2 Å². The molecule has 1 fully saturated rings. The molecular formula is C20H26N2O4. The van der Waals surface area contributed by atoms with Crippen LogP contribution in [0.1, 0.15) is 52.5 Å². The summed E-state index contributed by atoms with van der Waals surface area (Å²) < 4.78 is 5.50. The Morgan fingerprint density at radius 2 is 1.92 bits per heavy atom. The van der Waals surface area contributed by atoms with E-state index in [1.165, 1.54) is 0 Å². The summed E-state index contributed by atoms with van der Waals surface area (Å²) in [6.07, 6.45) is 0.917. The molecule has 3 rings (SSSR count). The van der Waals surface area contributed by atoms with Gasteiger partial charge in [0.25, 0.3) is 5.91 Å². The number of hydrogen-bond donors (Lipinski definition) is 0. The second-order valence-corrected chi connectivity index (χ2v) is 8.05. The Bertz CT molecular complexity index is 767. The fourth-order valence-electron chi connectivity index (χ4n) is 4.22. The number of likely N-dealkylation sites (tertiary alicyclic amines) is 1.